The molecule has 2 N–H and O–H groups in total. The Bertz CT molecular complexity index is 540. The van der Waals surface area contributed by atoms with Gasteiger partial charge in [-0.05, 0) is 49.7 Å². The molecule has 3 rings (SSSR count). The fourth-order valence-electron chi connectivity index (χ4n) is 4.40. The highest BCUT2D eigenvalue weighted by molar-refractivity contribution is 14.0. The molecule has 1 aliphatic carbocycles. The molecule has 1 aromatic rings. The summed E-state index contributed by atoms with van der Waals surface area (Å²) >= 11 is 1.92. The van der Waals surface area contributed by atoms with Gasteiger partial charge in [-0.15, -0.1) is 35.3 Å². The third kappa shape index (κ3) is 5.58. The fourth-order valence-corrected chi connectivity index (χ4v) is 5.39. The molecule has 1 saturated heterocycles. The normalized spacial score (nSPS) is 23.5. The average Bonchev–Trinajstić information content (AvgIpc) is 3.35. The summed E-state index contributed by atoms with van der Waals surface area (Å²) in [6.45, 7) is 7.93. The van der Waals surface area contributed by atoms with Gasteiger partial charge in [-0.2, -0.15) is 0 Å². The summed E-state index contributed by atoms with van der Waals surface area (Å²) in [6.07, 6.45) is 7.98. The van der Waals surface area contributed by atoms with Crippen LogP contribution < -0.4 is 10.6 Å². The smallest absolute Gasteiger partial charge is 0.191 e. The molecular weight excluding hydrogens is 455 g/mol. The highest BCUT2D eigenvalue weighted by Crippen LogP contribution is 2.41. The molecule has 1 saturated carbocycles. The van der Waals surface area contributed by atoms with Gasteiger partial charge in [0.15, 0.2) is 5.96 Å². The van der Waals surface area contributed by atoms with Crippen LogP contribution in [-0.4, -0.2) is 50.6 Å². The molecule has 1 atom stereocenters. The highest BCUT2D eigenvalue weighted by Gasteiger charge is 2.35. The van der Waals surface area contributed by atoms with Gasteiger partial charge < -0.3 is 15.5 Å². The SMILES string of the molecule is CCN1CCC(CNC(=NC)NCC2(c3cccs3)CCCCC2)C1.I. The maximum atomic E-state index is 4.47. The van der Waals surface area contributed by atoms with Crippen LogP contribution in [0.25, 0.3) is 0 Å². The summed E-state index contributed by atoms with van der Waals surface area (Å²) in [5.41, 5.74) is 0.302. The predicted octanol–water partition coefficient (Wildman–Crippen LogP) is 4.07. The molecule has 0 radical (unpaired) electrons. The second-order valence-electron chi connectivity index (χ2n) is 7.67. The molecular formula is C20H35IN4S. The Morgan fingerprint density at radius 1 is 1.31 bits per heavy atom. The first-order valence-corrected chi connectivity index (χ1v) is 10.8. The fraction of sp³-hybridized carbons (Fsp3) is 0.750. The quantitative estimate of drug-likeness (QED) is 0.359. The largest absolute Gasteiger partial charge is 0.356 e. The van der Waals surface area contributed by atoms with Gasteiger partial charge in [0, 0.05) is 37.0 Å². The number of hydrogen-bond acceptors (Lipinski definition) is 3. The first-order valence-electron chi connectivity index (χ1n) is 9.96. The van der Waals surface area contributed by atoms with Crippen molar-refractivity contribution in [1.82, 2.24) is 15.5 Å². The Morgan fingerprint density at radius 2 is 2.12 bits per heavy atom. The summed E-state index contributed by atoms with van der Waals surface area (Å²) < 4.78 is 0. The standard InChI is InChI=1S/C20H34N4S.HI/c1-3-24-12-9-17(15-24)14-22-19(21-2)23-16-20(10-5-4-6-11-20)18-8-7-13-25-18;/h7-8,13,17H,3-6,9-12,14-16H2,1-2H3,(H2,21,22,23);1H. The number of aliphatic imine (C=N–C) groups is 1. The molecule has 6 heteroatoms. The predicted molar refractivity (Wildman–Crippen MR) is 124 cm³/mol. The van der Waals surface area contributed by atoms with E-state index in [1.165, 1.54) is 58.2 Å². The lowest BCUT2D eigenvalue weighted by molar-refractivity contribution is 0.296. The van der Waals surface area contributed by atoms with E-state index in [0.29, 0.717) is 5.41 Å². The summed E-state index contributed by atoms with van der Waals surface area (Å²) in [5, 5.41) is 9.44. The number of halogens is 1. The Morgan fingerprint density at radius 3 is 2.73 bits per heavy atom. The molecule has 0 bridgehead atoms. The van der Waals surface area contributed by atoms with E-state index in [-0.39, 0.29) is 24.0 Å². The average molecular weight is 490 g/mol. The van der Waals surface area contributed by atoms with Crippen molar-refractivity contribution in [3.05, 3.63) is 22.4 Å². The summed E-state index contributed by atoms with van der Waals surface area (Å²) in [4.78, 5) is 8.55. The summed E-state index contributed by atoms with van der Waals surface area (Å²) in [5.74, 6) is 1.72. The zero-order valence-corrected chi connectivity index (χ0v) is 19.4. The maximum absolute atomic E-state index is 4.47. The molecule has 1 unspecified atom stereocenters. The van der Waals surface area contributed by atoms with Crippen molar-refractivity contribution < 1.29 is 0 Å². The van der Waals surface area contributed by atoms with Gasteiger partial charge in [0.1, 0.15) is 0 Å². The van der Waals surface area contributed by atoms with Crippen LogP contribution in [-0.2, 0) is 5.41 Å². The maximum Gasteiger partial charge on any atom is 0.191 e. The van der Waals surface area contributed by atoms with Gasteiger partial charge in [0.05, 0.1) is 0 Å². The van der Waals surface area contributed by atoms with Gasteiger partial charge in [0.2, 0.25) is 0 Å². The van der Waals surface area contributed by atoms with Crippen molar-refractivity contribution >= 4 is 41.3 Å². The van der Waals surface area contributed by atoms with E-state index >= 15 is 0 Å². The van der Waals surface area contributed by atoms with E-state index in [1.54, 1.807) is 4.88 Å². The third-order valence-corrected chi connectivity index (χ3v) is 7.16. The first kappa shape index (κ1) is 22.0. The van der Waals surface area contributed by atoms with E-state index in [2.05, 4.69) is 45.0 Å². The second kappa shape index (κ2) is 10.9. The van der Waals surface area contributed by atoms with E-state index in [1.807, 2.05) is 18.4 Å². The molecule has 4 nitrogen and oxygen atoms in total. The van der Waals surface area contributed by atoms with Gasteiger partial charge >= 0.3 is 0 Å². The van der Waals surface area contributed by atoms with Crippen molar-refractivity contribution in [3.63, 3.8) is 0 Å². The van der Waals surface area contributed by atoms with Crippen molar-refractivity contribution in [3.8, 4) is 0 Å². The first-order chi connectivity index (χ1) is 12.3. The Hall–Kier alpha value is -0.340. The van der Waals surface area contributed by atoms with Crippen molar-refractivity contribution in [1.29, 1.82) is 0 Å². The topological polar surface area (TPSA) is 39.7 Å². The number of hydrogen-bond donors (Lipinski definition) is 2. The van der Waals surface area contributed by atoms with Gasteiger partial charge in [-0.3, -0.25) is 4.99 Å². The Balaban J connectivity index is 0.00000243. The minimum atomic E-state index is 0. The van der Waals surface area contributed by atoms with Crippen LogP contribution in [0.5, 0.6) is 0 Å². The van der Waals surface area contributed by atoms with E-state index < -0.39 is 0 Å². The molecule has 26 heavy (non-hydrogen) atoms. The highest BCUT2D eigenvalue weighted by atomic mass is 127. The molecule has 2 heterocycles. The Kier molecular flexibility index (Phi) is 9.17. The lowest BCUT2D eigenvalue weighted by Gasteiger charge is -2.37. The monoisotopic (exact) mass is 490 g/mol. The molecule has 2 fully saturated rings. The third-order valence-electron chi connectivity index (χ3n) is 6.05. The van der Waals surface area contributed by atoms with Crippen LogP contribution in [0.15, 0.2) is 22.5 Å². The zero-order valence-electron chi connectivity index (χ0n) is 16.3. The van der Waals surface area contributed by atoms with Crippen LogP contribution in [0.2, 0.25) is 0 Å². The van der Waals surface area contributed by atoms with Crippen LogP contribution in [0, 0.1) is 5.92 Å². The minimum Gasteiger partial charge on any atom is -0.356 e. The number of guanidine groups is 1. The number of nitrogens with zero attached hydrogens (tertiary/aromatic N) is 2. The van der Waals surface area contributed by atoms with Crippen LogP contribution in [0.4, 0.5) is 0 Å². The molecule has 1 aromatic heterocycles. The van der Waals surface area contributed by atoms with Crippen molar-refractivity contribution in [2.75, 3.05) is 39.8 Å². The van der Waals surface area contributed by atoms with E-state index in [9.17, 15) is 0 Å². The molecule has 0 amide bonds. The molecule has 0 aromatic carbocycles. The lowest BCUT2D eigenvalue weighted by Crippen LogP contribution is -2.47. The van der Waals surface area contributed by atoms with Gasteiger partial charge in [-0.1, -0.05) is 32.3 Å². The van der Waals surface area contributed by atoms with Crippen LogP contribution >= 0.6 is 35.3 Å². The van der Waals surface area contributed by atoms with Gasteiger partial charge in [0.25, 0.3) is 0 Å². The summed E-state index contributed by atoms with van der Waals surface area (Å²) in [7, 11) is 1.89. The number of rotatable bonds is 6. The number of likely N-dealkylation sites (tertiary alicyclic amines) is 1. The summed E-state index contributed by atoms with van der Waals surface area (Å²) in [6, 6.07) is 4.52. The van der Waals surface area contributed by atoms with E-state index in [4.69, 9.17) is 0 Å². The number of thiophene rings is 1. The van der Waals surface area contributed by atoms with Crippen LogP contribution in [0.3, 0.4) is 0 Å². The van der Waals surface area contributed by atoms with Gasteiger partial charge in [-0.25, -0.2) is 0 Å². The second-order valence-corrected chi connectivity index (χ2v) is 8.62. The van der Waals surface area contributed by atoms with E-state index in [0.717, 1.165) is 25.0 Å². The van der Waals surface area contributed by atoms with Crippen molar-refractivity contribution in [2.24, 2.45) is 10.9 Å². The molecule has 2 aliphatic rings. The molecule has 0 spiro atoms. The van der Waals surface area contributed by atoms with Crippen LogP contribution in [0.1, 0.15) is 50.3 Å². The van der Waals surface area contributed by atoms with Crippen molar-refractivity contribution in [2.45, 2.75) is 50.9 Å². The Labute approximate surface area is 180 Å². The lowest BCUT2D eigenvalue weighted by atomic mass is 9.73. The minimum absolute atomic E-state index is 0. The molecule has 1 aliphatic heterocycles. The molecule has 148 valence electrons. The number of nitrogens with one attached hydrogen (secondary N) is 2. The zero-order chi connectivity index (χ0) is 17.5.